The molecule has 2 rings (SSSR count). The molecule has 0 heterocycles. The van der Waals surface area contributed by atoms with Gasteiger partial charge in [0.1, 0.15) is 5.75 Å². The van der Waals surface area contributed by atoms with Gasteiger partial charge in [-0.1, -0.05) is 19.4 Å². The third kappa shape index (κ3) is 3.27. The quantitative estimate of drug-likeness (QED) is 0.846. The molecular weight excluding hydrogens is 290 g/mol. The van der Waals surface area contributed by atoms with Gasteiger partial charge in [-0.05, 0) is 59.3 Å². The lowest BCUT2D eigenvalue weighted by molar-refractivity contribution is 0.411. The zero-order chi connectivity index (χ0) is 13.1. The molecule has 1 aliphatic carbocycles. The van der Waals surface area contributed by atoms with E-state index in [9.17, 15) is 0 Å². The van der Waals surface area contributed by atoms with E-state index in [0.717, 1.165) is 22.2 Å². The van der Waals surface area contributed by atoms with Crippen molar-refractivity contribution in [1.29, 1.82) is 0 Å². The largest absolute Gasteiger partial charge is 0.496 e. The van der Waals surface area contributed by atoms with Gasteiger partial charge in [-0.15, -0.1) is 0 Å². The first-order valence-electron chi connectivity index (χ1n) is 6.75. The van der Waals surface area contributed by atoms with Gasteiger partial charge in [0.25, 0.3) is 0 Å². The van der Waals surface area contributed by atoms with Crippen LogP contribution in [-0.4, -0.2) is 13.2 Å². The molecule has 100 valence electrons. The Kier molecular flexibility index (Phi) is 4.68. The molecular formula is C15H22BrNO. The molecule has 1 saturated carbocycles. The number of hydrogen-bond acceptors (Lipinski definition) is 2. The first-order chi connectivity index (χ1) is 8.65. The van der Waals surface area contributed by atoms with Gasteiger partial charge in [0.15, 0.2) is 0 Å². The van der Waals surface area contributed by atoms with E-state index in [1.54, 1.807) is 7.11 Å². The van der Waals surface area contributed by atoms with E-state index < -0.39 is 0 Å². The Morgan fingerprint density at radius 3 is 2.89 bits per heavy atom. The summed E-state index contributed by atoms with van der Waals surface area (Å²) in [5.74, 6) is 1.79. The number of nitrogens with one attached hydrogen (secondary N) is 1. The maximum absolute atomic E-state index is 5.25. The molecule has 0 spiro atoms. The van der Waals surface area contributed by atoms with Gasteiger partial charge in [-0.25, -0.2) is 0 Å². The number of hydrogen-bond donors (Lipinski definition) is 1. The van der Waals surface area contributed by atoms with Gasteiger partial charge in [0.05, 0.1) is 11.6 Å². The Morgan fingerprint density at radius 2 is 2.28 bits per heavy atom. The second-order valence-corrected chi connectivity index (χ2v) is 6.03. The van der Waals surface area contributed by atoms with Crippen LogP contribution in [0.1, 0.15) is 44.7 Å². The summed E-state index contributed by atoms with van der Waals surface area (Å²) in [6, 6.07) is 7.43. The third-order valence-corrected chi connectivity index (χ3v) is 4.34. The Bertz CT molecular complexity index is 407. The first kappa shape index (κ1) is 13.9. The molecule has 0 amide bonds. The lowest BCUT2D eigenvalue weighted by Gasteiger charge is -2.15. The molecule has 0 aromatic heterocycles. The predicted octanol–water partition coefficient (Wildman–Crippen LogP) is 4.30. The molecule has 2 nitrogen and oxygen atoms in total. The minimum Gasteiger partial charge on any atom is -0.496 e. The van der Waals surface area contributed by atoms with Crippen molar-refractivity contribution in [3.63, 3.8) is 0 Å². The fourth-order valence-electron chi connectivity index (χ4n) is 2.51. The van der Waals surface area contributed by atoms with Crippen molar-refractivity contribution >= 4 is 15.9 Å². The standard InChI is InChI=1S/C15H22BrNO/c1-4-5-12-9-14(12)17-10(2)11-6-7-15(18-3)13(16)8-11/h6-8,10,12,14,17H,4-5,9H2,1-3H3. The Balaban J connectivity index is 1.93. The fraction of sp³-hybridized carbons (Fsp3) is 0.600. The van der Waals surface area contributed by atoms with Crippen molar-refractivity contribution in [2.45, 2.75) is 45.2 Å². The summed E-state index contributed by atoms with van der Waals surface area (Å²) < 4.78 is 6.28. The van der Waals surface area contributed by atoms with Gasteiger partial charge < -0.3 is 10.1 Å². The minimum atomic E-state index is 0.402. The third-order valence-electron chi connectivity index (χ3n) is 3.72. The van der Waals surface area contributed by atoms with E-state index in [1.807, 2.05) is 6.07 Å². The smallest absolute Gasteiger partial charge is 0.133 e. The Morgan fingerprint density at radius 1 is 1.50 bits per heavy atom. The van der Waals surface area contributed by atoms with Crippen LogP contribution in [0.15, 0.2) is 22.7 Å². The van der Waals surface area contributed by atoms with E-state index in [0.29, 0.717) is 6.04 Å². The summed E-state index contributed by atoms with van der Waals surface area (Å²) in [5.41, 5.74) is 1.31. The number of rotatable bonds is 6. The molecule has 0 aliphatic heterocycles. The lowest BCUT2D eigenvalue weighted by Crippen LogP contribution is -2.22. The zero-order valence-electron chi connectivity index (χ0n) is 11.4. The van der Waals surface area contributed by atoms with Crippen molar-refractivity contribution < 1.29 is 4.74 Å². The molecule has 3 heteroatoms. The molecule has 0 saturated heterocycles. The maximum Gasteiger partial charge on any atom is 0.133 e. The van der Waals surface area contributed by atoms with E-state index in [1.165, 1.54) is 24.8 Å². The van der Waals surface area contributed by atoms with Crippen LogP contribution in [0.5, 0.6) is 5.75 Å². The van der Waals surface area contributed by atoms with Crippen LogP contribution in [0, 0.1) is 5.92 Å². The molecule has 1 aliphatic rings. The molecule has 0 bridgehead atoms. The van der Waals surface area contributed by atoms with Gasteiger partial charge in [-0.2, -0.15) is 0 Å². The molecule has 3 atom stereocenters. The SMILES string of the molecule is CCCC1CC1NC(C)c1ccc(OC)c(Br)c1. The highest BCUT2D eigenvalue weighted by atomic mass is 79.9. The van der Waals surface area contributed by atoms with Crippen molar-refractivity contribution in [2.75, 3.05) is 7.11 Å². The molecule has 0 radical (unpaired) electrons. The monoisotopic (exact) mass is 311 g/mol. The van der Waals surface area contributed by atoms with E-state index in [4.69, 9.17) is 4.74 Å². The van der Waals surface area contributed by atoms with Crippen LogP contribution in [-0.2, 0) is 0 Å². The van der Waals surface area contributed by atoms with Crippen molar-refractivity contribution in [1.82, 2.24) is 5.32 Å². The van der Waals surface area contributed by atoms with Crippen LogP contribution in [0.4, 0.5) is 0 Å². The Hall–Kier alpha value is -0.540. The van der Waals surface area contributed by atoms with Crippen LogP contribution in [0.3, 0.4) is 0 Å². The van der Waals surface area contributed by atoms with Gasteiger partial charge >= 0.3 is 0 Å². The summed E-state index contributed by atoms with van der Waals surface area (Å²) >= 11 is 3.54. The molecule has 1 aromatic carbocycles. The van der Waals surface area contributed by atoms with Crippen LogP contribution < -0.4 is 10.1 Å². The lowest BCUT2D eigenvalue weighted by atomic mass is 10.1. The van der Waals surface area contributed by atoms with Crippen LogP contribution >= 0.6 is 15.9 Å². The number of benzene rings is 1. The molecule has 1 aromatic rings. The van der Waals surface area contributed by atoms with Crippen molar-refractivity contribution in [3.8, 4) is 5.75 Å². The van der Waals surface area contributed by atoms with Gasteiger partial charge in [-0.3, -0.25) is 0 Å². The van der Waals surface area contributed by atoms with Crippen LogP contribution in [0.25, 0.3) is 0 Å². The van der Waals surface area contributed by atoms with E-state index in [-0.39, 0.29) is 0 Å². The average molecular weight is 312 g/mol. The molecule has 18 heavy (non-hydrogen) atoms. The number of ether oxygens (including phenoxy) is 1. The van der Waals surface area contributed by atoms with Crippen LogP contribution in [0.2, 0.25) is 0 Å². The topological polar surface area (TPSA) is 21.3 Å². The summed E-state index contributed by atoms with van der Waals surface area (Å²) in [7, 11) is 1.70. The average Bonchev–Trinajstić information content (AvgIpc) is 3.07. The van der Waals surface area contributed by atoms with Gasteiger partial charge in [0, 0.05) is 12.1 Å². The summed E-state index contributed by atoms with van der Waals surface area (Å²) in [4.78, 5) is 0. The first-order valence-corrected chi connectivity index (χ1v) is 7.54. The normalized spacial score (nSPS) is 23.8. The summed E-state index contributed by atoms with van der Waals surface area (Å²) in [5, 5.41) is 3.71. The second-order valence-electron chi connectivity index (χ2n) is 5.17. The highest BCUT2D eigenvalue weighted by molar-refractivity contribution is 9.10. The maximum atomic E-state index is 5.25. The number of halogens is 1. The number of methoxy groups -OCH3 is 1. The van der Waals surface area contributed by atoms with Gasteiger partial charge in [0.2, 0.25) is 0 Å². The zero-order valence-corrected chi connectivity index (χ0v) is 13.0. The molecule has 1 fully saturated rings. The Labute approximate surface area is 118 Å². The van der Waals surface area contributed by atoms with Crippen molar-refractivity contribution in [2.24, 2.45) is 5.92 Å². The summed E-state index contributed by atoms with van der Waals surface area (Å²) in [6.07, 6.45) is 4.00. The van der Waals surface area contributed by atoms with E-state index in [2.05, 4.69) is 47.2 Å². The highest BCUT2D eigenvalue weighted by Crippen LogP contribution is 2.37. The predicted molar refractivity (Wildman–Crippen MR) is 79.0 cm³/mol. The second kappa shape index (κ2) is 6.07. The molecule has 1 N–H and O–H groups in total. The van der Waals surface area contributed by atoms with E-state index >= 15 is 0 Å². The van der Waals surface area contributed by atoms with Crippen molar-refractivity contribution in [3.05, 3.63) is 28.2 Å². The minimum absolute atomic E-state index is 0.402. The summed E-state index contributed by atoms with van der Waals surface area (Å²) in [6.45, 7) is 4.50. The highest BCUT2D eigenvalue weighted by Gasteiger charge is 2.36. The molecule has 3 unspecified atom stereocenters. The fourth-order valence-corrected chi connectivity index (χ4v) is 3.07.